The van der Waals surface area contributed by atoms with Gasteiger partial charge in [0.15, 0.2) is 5.69 Å². The Hall–Kier alpha value is -2.82. The average molecular weight is 402 g/mol. The minimum atomic E-state index is -4.84. The predicted molar refractivity (Wildman–Crippen MR) is 88.3 cm³/mol. The van der Waals surface area contributed by atoms with Crippen LogP contribution in [-0.2, 0) is 6.18 Å². The molecule has 0 aliphatic carbocycles. The van der Waals surface area contributed by atoms with Crippen LogP contribution in [0.15, 0.2) is 35.8 Å². The molecule has 0 fully saturated rings. The lowest BCUT2D eigenvalue weighted by molar-refractivity contribution is -0.141. The number of aromatic nitrogens is 3. The minimum Gasteiger partial charge on any atom is -0.321 e. The van der Waals surface area contributed by atoms with E-state index in [0.29, 0.717) is 27.0 Å². The number of hydrogen-bond acceptors (Lipinski definition) is 4. The molecule has 0 saturated heterocycles. The summed E-state index contributed by atoms with van der Waals surface area (Å²) in [5.41, 5.74) is 0.156. The van der Waals surface area contributed by atoms with Crippen LogP contribution < -0.4 is 5.32 Å². The van der Waals surface area contributed by atoms with Crippen molar-refractivity contribution in [3.05, 3.63) is 57.8 Å². The van der Waals surface area contributed by atoms with Crippen LogP contribution in [-0.4, -0.2) is 20.7 Å². The first-order chi connectivity index (χ1) is 12.7. The van der Waals surface area contributed by atoms with E-state index in [9.17, 15) is 26.7 Å². The molecular formula is C16H11F5N4OS. The van der Waals surface area contributed by atoms with Crippen LogP contribution in [0.25, 0.3) is 5.69 Å². The molecule has 0 atom stereocenters. The van der Waals surface area contributed by atoms with Crippen LogP contribution >= 0.6 is 11.3 Å². The van der Waals surface area contributed by atoms with Gasteiger partial charge in [0.05, 0.1) is 16.9 Å². The Balaban J connectivity index is 1.86. The molecule has 1 aromatic carbocycles. The molecule has 3 aromatic rings. The third-order valence-electron chi connectivity index (χ3n) is 3.57. The average Bonchev–Trinajstić information content (AvgIpc) is 3.21. The predicted octanol–water partition coefficient (Wildman–Crippen LogP) is 4.85. The van der Waals surface area contributed by atoms with Crippen molar-refractivity contribution in [3.8, 4) is 5.69 Å². The molecule has 0 unspecified atom stereocenters. The van der Waals surface area contributed by atoms with Gasteiger partial charge >= 0.3 is 6.18 Å². The summed E-state index contributed by atoms with van der Waals surface area (Å²) in [4.78, 5) is 16.5. The lowest BCUT2D eigenvalue weighted by Gasteiger charge is -2.09. The van der Waals surface area contributed by atoms with Gasteiger partial charge in [-0.3, -0.25) is 4.79 Å². The monoisotopic (exact) mass is 402 g/mol. The summed E-state index contributed by atoms with van der Waals surface area (Å²) >= 11 is 1.16. The van der Waals surface area contributed by atoms with Gasteiger partial charge in [0.25, 0.3) is 12.3 Å². The van der Waals surface area contributed by atoms with Crippen LogP contribution in [0.1, 0.15) is 33.2 Å². The van der Waals surface area contributed by atoms with E-state index in [-0.39, 0.29) is 5.69 Å². The second kappa shape index (κ2) is 7.06. The van der Waals surface area contributed by atoms with Gasteiger partial charge in [0.2, 0.25) is 0 Å². The van der Waals surface area contributed by atoms with Gasteiger partial charge in [-0.05, 0) is 37.3 Å². The van der Waals surface area contributed by atoms with E-state index in [0.717, 1.165) is 11.3 Å². The molecule has 11 heteroatoms. The van der Waals surface area contributed by atoms with Crippen LogP contribution in [0.5, 0.6) is 0 Å². The Morgan fingerprint density at radius 1 is 1.22 bits per heavy atom. The van der Waals surface area contributed by atoms with Gasteiger partial charge in [0, 0.05) is 5.69 Å². The Kier molecular flexibility index (Phi) is 4.96. The molecule has 0 saturated carbocycles. The van der Waals surface area contributed by atoms with Gasteiger partial charge in [-0.1, -0.05) is 0 Å². The van der Waals surface area contributed by atoms with E-state index in [1.54, 1.807) is 6.92 Å². The maximum Gasteiger partial charge on any atom is 0.435 e. The van der Waals surface area contributed by atoms with Crippen molar-refractivity contribution in [2.75, 3.05) is 5.32 Å². The number of alkyl halides is 5. The van der Waals surface area contributed by atoms with Crippen LogP contribution in [0.2, 0.25) is 0 Å². The van der Waals surface area contributed by atoms with Crippen molar-refractivity contribution < 1.29 is 26.7 Å². The van der Waals surface area contributed by atoms with Crippen molar-refractivity contribution >= 4 is 22.9 Å². The number of nitrogens with one attached hydrogen (secondary N) is 1. The molecule has 142 valence electrons. The highest BCUT2D eigenvalue weighted by Crippen LogP contribution is 2.32. The molecule has 1 N–H and O–H groups in total. The van der Waals surface area contributed by atoms with E-state index in [1.807, 2.05) is 0 Å². The Bertz CT molecular complexity index is 962. The number of hydrogen-bond donors (Lipinski definition) is 1. The summed E-state index contributed by atoms with van der Waals surface area (Å²) in [6.45, 7) is 1.68. The van der Waals surface area contributed by atoms with E-state index >= 15 is 0 Å². The number of rotatable bonds is 4. The molecular weight excluding hydrogens is 391 g/mol. The van der Waals surface area contributed by atoms with Crippen LogP contribution in [0, 0.1) is 6.92 Å². The molecule has 0 spiro atoms. The number of carbonyl (C=O) groups is 1. The third-order valence-corrected chi connectivity index (χ3v) is 4.50. The van der Waals surface area contributed by atoms with Gasteiger partial charge in [0.1, 0.15) is 10.6 Å². The summed E-state index contributed by atoms with van der Waals surface area (Å²) in [6.07, 6.45) is -7.97. The number of halogens is 5. The zero-order valence-corrected chi connectivity index (χ0v) is 14.4. The molecule has 0 aliphatic rings. The number of nitrogens with zero attached hydrogens (tertiary/aromatic N) is 3. The molecule has 2 heterocycles. The smallest absolute Gasteiger partial charge is 0.321 e. The maximum absolute atomic E-state index is 13.1. The van der Waals surface area contributed by atoms with Crippen LogP contribution in [0.4, 0.5) is 27.6 Å². The van der Waals surface area contributed by atoms with Gasteiger partial charge in [-0.2, -0.15) is 18.3 Å². The van der Waals surface area contributed by atoms with Gasteiger partial charge in [-0.25, -0.2) is 18.4 Å². The Morgan fingerprint density at radius 3 is 2.41 bits per heavy atom. The molecule has 1 amide bonds. The number of benzene rings is 1. The summed E-state index contributed by atoms with van der Waals surface area (Å²) in [7, 11) is 0. The molecule has 0 radical (unpaired) electrons. The van der Waals surface area contributed by atoms with E-state index < -0.39 is 29.9 Å². The summed E-state index contributed by atoms with van der Waals surface area (Å²) in [5.74, 6) is -0.394. The topological polar surface area (TPSA) is 59.8 Å². The van der Waals surface area contributed by atoms with E-state index in [2.05, 4.69) is 15.4 Å². The van der Waals surface area contributed by atoms with Gasteiger partial charge < -0.3 is 5.32 Å². The lowest BCUT2D eigenvalue weighted by Crippen LogP contribution is -2.12. The molecule has 3 rings (SSSR count). The lowest BCUT2D eigenvalue weighted by atomic mass is 10.2. The van der Waals surface area contributed by atoms with E-state index in [1.165, 1.54) is 29.8 Å². The normalized spacial score (nSPS) is 11.8. The zero-order chi connectivity index (χ0) is 19.8. The fourth-order valence-corrected chi connectivity index (χ4v) is 2.99. The van der Waals surface area contributed by atoms with Crippen LogP contribution in [0.3, 0.4) is 0 Å². The van der Waals surface area contributed by atoms with Crippen molar-refractivity contribution in [1.82, 2.24) is 14.8 Å². The number of aryl methyl sites for hydroxylation is 1. The molecule has 27 heavy (non-hydrogen) atoms. The standard InChI is InChI=1S/C16H11F5N4OS/c1-8-13(27-7-22-8)15(26)23-9-2-4-10(5-3-9)25-11(14(17)18)6-12(24-25)16(19,20)21/h2-7,14H,1H3,(H,23,26). The Labute approximate surface area is 153 Å². The van der Waals surface area contributed by atoms with Crippen molar-refractivity contribution in [2.45, 2.75) is 19.5 Å². The van der Waals surface area contributed by atoms with Crippen molar-refractivity contribution in [2.24, 2.45) is 0 Å². The SMILES string of the molecule is Cc1ncsc1C(=O)Nc1ccc(-n2nc(C(F)(F)F)cc2C(F)F)cc1. The number of anilines is 1. The number of carbonyl (C=O) groups excluding carboxylic acids is 1. The van der Waals surface area contributed by atoms with Crippen molar-refractivity contribution in [3.63, 3.8) is 0 Å². The number of thiazole rings is 1. The zero-order valence-electron chi connectivity index (χ0n) is 13.6. The molecule has 0 bridgehead atoms. The second-order valence-corrected chi connectivity index (χ2v) is 6.29. The number of amides is 1. The molecule has 5 nitrogen and oxygen atoms in total. The van der Waals surface area contributed by atoms with E-state index in [4.69, 9.17) is 0 Å². The minimum absolute atomic E-state index is 0.00719. The highest BCUT2D eigenvalue weighted by molar-refractivity contribution is 7.12. The first kappa shape index (κ1) is 19.0. The highest BCUT2D eigenvalue weighted by atomic mass is 32.1. The first-order valence-corrected chi connectivity index (χ1v) is 8.32. The van der Waals surface area contributed by atoms with Crippen molar-refractivity contribution in [1.29, 1.82) is 0 Å². The summed E-state index contributed by atoms with van der Waals surface area (Å²) in [6, 6.07) is 5.65. The second-order valence-electron chi connectivity index (χ2n) is 5.43. The first-order valence-electron chi connectivity index (χ1n) is 7.44. The largest absolute Gasteiger partial charge is 0.435 e. The summed E-state index contributed by atoms with van der Waals surface area (Å²) in [5, 5.41) is 5.84. The quantitative estimate of drug-likeness (QED) is 0.635. The Morgan fingerprint density at radius 2 is 1.89 bits per heavy atom. The molecule has 2 aromatic heterocycles. The maximum atomic E-state index is 13.1. The third kappa shape index (κ3) is 3.97. The summed E-state index contributed by atoms with van der Waals surface area (Å²) < 4.78 is 65.0. The van der Waals surface area contributed by atoms with Gasteiger partial charge in [-0.15, -0.1) is 11.3 Å². The fourth-order valence-electron chi connectivity index (χ4n) is 2.29. The molecule has 0 aliphatic heterocycles. The highest BCUT2D eigenvalue weighted by Gasteiger charge is 2.36. The fraction of sp³-hybridized carbons (Fsp3) is 0.188.